The van der Waals surface area contributed by atoms with Gasteiger partial charge < -0.3 is 15.4 Å². The number of sulfonamides is 1. The number of nitrogens with zero attached hydrogens (tertiary/aromatic N) is 1. The van der Waals surface area contributed by atoms with Crippen LogP contribution in [0, 0.1) is 13.8 Å². The fourth-order valence-corrected chi connectivity index (χ4v) is 5.77. The average Bonchev–Trinajstić information content (AvgIpc) is 3.40. The maximum absolute atomic E-state index is 13.6. The number of nitrogens with one attached hydrogen (secondary N) is 2. The number of benzene rings is 3. The molecule has 2 N–H and O–H groups in total. The van der Waals surface area contributed by atoms with E-state index in [0.717, 1.165) is 28.3 Å². The predicted octanol–water partition coefficient (Wildman–Crippen LogP) is 4.05. The van der Waals surface area contributed by atoms with Gasteiger partial charge in [-0.2, -0.15) is 0 Å². The average molecular weight is 522 g/mol. The number of para-hydroxylation sites is 1. The molecule has 4 rings (SSSR count). The summed E-state index contributed by atoms with van der Waals surface area (Å²) in [5.74, 6) is -0.910. The van der Waals surface area contributed by atoms with E-state index >= 15 is 0 Å². The Bertz CT molecular complexity index is 1350. The van der Waals surface area contributed by atoms with E-state index in [2.05, 4.69) is 10.6 Å². The second kappa shape index (κ2) is 11.6. The second-order valence-electron chi connectivity index (χ2n) is 9.11. The van der Waals surface area contributed by atoms with Gasteiger partial charge in [-0.15, -0.1) is 0 Å². The third kappa shape index (κ3) is 6.55. The standard InChI is InChI=1S/C28H31N3O5S/c1-20-15-21(2)17-22(16-20)31(37(34,35)24-10-4-3-5-11-24)19-27(32)30-26-13-7-6-12-25(26)28(33)29-18-23-9-8-14-36-23/h3-7,10-13,15-17,23H,8-9,14,18-19H2,1-2H3,(H,29,33)(H,30,32)/t23-/m1/s1. The van der Waals surface area contributed by atoms with E-state index in [1.807, 2.05) is 19.9 Å². The molecular formula is C28H31N3O5S. The first-order chi connectivity index (χ1) is 17.7. The number of carbonyl (C=O) groups excluding carboxylic acids is 2. The third-order valence-electron chi connectivity index (χ3n) is 6.07. The van der Waals surface area contributed by atoms with Gasteiger partial charge in [0.25, 0.3) is 15.9 Å². The van der Waals surface area contributed by atoms with Crippen LogP contribution in [0.5, 0.6) is 0 Å². The van der Waals surface area contributed by atoms with Gasteiger partial charge in [0.15, 0.2) is 0 Å². The molecule has 2 amide bonds. The maximum atomic E-state index is 13.6. The van der Waals surface area contributed by atoms with Gasteiger partial charge in [-0.05, 0) is 74.2 Å². The molecule has 1 fully saturated rings. The molecule has 1 aliphatic rings. The monoisotopic (exact) mass is 521 g/mol. The van der Waals surface area contributed by atoms with Crippen molar-refractivity contribution in [3.05, 3.63) is 89.5 Å². The highest BCUT2D eigenvalue weighted by Gasteiger charge is 2.28. The van der Waals surface area contributed by atoms with Crippen LogP contribution in [0.25, 0.3) is 0 Å². The largest absolute Gasteiger partial charge is 0.376 e. The number of hydrogen-bond donors (Lipinski definition) is 2. The molecule has 0 unspecified atom stereocenters. The lowest BCUT2D eigenvalue weighted by atomic mass is 10.1. The van der Waals surface area contributed by atoms with Crippen LogP contribution in [0.1, 0.15) is 34.3 Å². The summed E-state index contributed by atoms with van der Waals surface area (Å²) >= 11 is 0. The van der Waals surface area contributed by atoms with Crippen molar-refractivity contribution in [1.29, 1.82) is 0 Å². The van der Waals surface area contributed by atoms with E-state index in [-0.39, 0.29) is 22.5 Å². The molecule has 1 heterocycles. The van der Waals surface area contributed by atoms with Crippen LogP contribution in [0.2, 0.25) is 0 Å². The molecule has 0 spiro atoms. The van der Waals surface area contributed by atoms with Gasteiger partial charge in [-0.1, -0.05) is 36.4 Å². The highest BCUT2D eigenvalue weighted by Crippen LogP contribution is 2.26. The summed E-state index contributed by atoms with van der Waals surface area (Å²) in [6.07, 6.45) is 1.85. The van der Waals surface area contributed by atoms with Gasteiger partial charge >= 0.3 is 0 Å². The number of amides is 2. The van der Waals surface area contributed by atoms with E-state index in [1.54, 1.807) is 54.6 Å². The van der Waals surface area contributed by atoms with Crippen molar-refractivity contribution >= 4 is 33.2 Å². The predicted molar refractivity (Wildman–Crippen MR) is 143 cm³/mol. The molecule has 1 aliphatic heterocycles. The molecular weight excluding hydrogens is 490 g/mol. The van der Waals surface area contributed by atoms with E-state index in [4.69, 9.17) is 4.74 Å². The number of anilines is 2. The summed E-state index contributed by atoms with van der Waals surface area (Å²) in [6, 6.07) is 20.0. The van der Waals surface area contributed by atoms with Crippen molar-refractivity contribution in [1.82, 2.24) is 5.32 Å². The van der Waals surface area contributed by atoms with Crippen LogP contribution < -0.4 is 14.9 Å². The fraction of sp³-hybridized carbons (Fsp3) is 0.286. The highest BCUT2D eigenvalue weighted by molar-refractivity contribution is 7.92. The summed E-state index contributed by atoms with van der Waals surface area (Å²) in [5, 5.41) is 5.59. The summed E-state index contributed by atoms with van der Waals surface area (Å²) in [5.41, 5.74) is 2.72. The van der Waals surface area contributed by atoms with Crippen LogP contribution in [0.15, 0.2) is 77.7 Å². The molecule has 1 atom stereocenters. The molecule has 37 heavy (non-hydrogen) atoms. The Hall–Kier alpha value is -3.69. The molecule has 0 aliphatic carbocycles. The van der Waals surface area contributed by atoms with Gasteiger partial charge in [0.05, 0.1) is 27.9 Å². The summed E-state index contributed by atoms with van der Waals surface area (Å²) in [6.45, 7) is 4.35. The van der Waals surface area contributed by atoms with Crippen molar-refractivity contribution in [3.8, 4) is 0 Å². The van der Waals surface area contributed by atoms with Crippen LogP contribution >= 0.6 is 0 Å². The first-order valence-electron chi connectivity index (χ1n) is 12.2. The smallest absolute Gasteiger partial charge is 0.264 e. The fourth-order valence-electron chi connectivity index (χ4n) is 4.35. The van der Waals surface area contributed by atoms with Gasteiger partial charge in [0, 0.05) is 13.2 Å². The van der Waals surface area contributed by atoms with Crippen molar-refractivity contribution in [2.24, 2.45) is 0 Å². The van der Waals surface area contributed by atoms with Crippen LogP contribution in [0.4, 0.5) is 11.4 Å². The van der Waals surface area contributed by atoms with E-state index in [9.17, 15) is 18.0 Å². The minimum Gasteiger partial charge on any atom is -0.376 e. The maximum Gasteiger partial charge on any atom is 0.264 e. The molecule has 3 aromatic carbocycles. The van der Waals surface area contributed by atoms with Gasteiger partial charge in [0.1, 0.15) is 6.54 Å². The summed E-state index contributed by atoms with van der Waals surface area (Å²) < 4.78 is 33.9. The molecule has 0 radical (unpaired) electrons. The number of carbonyl (C=O) groups is 2. The Labute approximate surface area is 217 Å². The van der Waals surface area contributed by atoms with Crippen LogP contribution in [-0.2, 0) is 19.6 Å². The quantitative estimate of drug-likeness (QED) is 0.442. The van der Waals surface area contributed by atoms with E-state index < -0.39 is 22.5 Å². The molecule has 0 aromatic heterocycles. The Morgan fingerprint density at radius 1 is 0.973 bits per heavy atom. The Balaban J connectivity index is 1.57. The van der Waals surface area contributed by atoms with Gasteiger partial charge in [-0.3, -0.25) is 13.9 Å². The van der Waals surface area contributed by atoms with E-state index in [1.165, 1.54) is 12.1 Å². The van der Waals surface area contributed by atoms with Crippen molar-refractivity contribution in [3.63, 3.8) is 0 Å². The first kappa shape index (κ1) is 26.4. The minimum atomic E-state index is -4.04. The van der Waals surface area contributed by atoms with Crippen molar-refractivity contribution in [2.45, 2.75) is 37.7 Å². The minimum absolute atomic E-state index is 0.0137. The number of ether oxygens (including phenoxy) is 1. The Morgan fingerprint density at radius 2 is 1.65 bits per heavy atom. The number of aryl methyl sites for hydroxylation is 2. The molecule has 9 heteroatoms. The molecule has 0 saturated carbocycles. The zero-order valence-electron chi connectivity index (χ0n) is 20.9. The Morgan fingerprint density at radius 3 is 2.32 bits per heavy atom. The molecule has 1 saturated heterocycles. The van der Waals surface area contributed by atoms with E-state index in [0.29, 0.717) is 24.5 Å². The summed E-state index contributed by atoms with van der Waals surface area (Å²) in [4.78, 5) is 26.1. The zero-order chi connectivity index (χ0) is 26.4. The number of rotatable bonds is 9. The van der Waals surface area contributed by atoms with Crippen molar-refractivity contribution in [2.75, 3.05) is 29.3 Å². The topological polar surface area (TPSA) is 105 Å². The lowest BCUT2D eigenvalue weighted by Gasteiger charge is -2.25. The molecule has 0 bridgehead atoms. The highest BCUT2D eigenvalue weighted by atomic mass is 32.2. The lowest BCUT2D eigenvalue weighted by molar-refractivity contribution is -0.114. The molecule has 8 nitrogen and oxygen atoms in total. The Kier molecular flexibility index (Phi) is 8.25. The molecule has 3 aromatic rings. The van der Waals surface area contributed by atoms with Crippen LogP contribution in [-0.4, -0.2) is 46.0 Å². The first-order valence-corrected chi connectivity index (χ1v) is 13.6. The van der Waals surface area contributed by atoms with Gasteiger partial charge in [-0.25, -0.2) is 8.42 Å². The van der Waals surface area contributed by atoms with Crippen molar-refractivity contribution < 1.29 is 22.7 Å². The number of hydrogen-bond acceptors (Lipinski definition) is 5. The second-order valence-corrected chi connectivity index (χ2v) is 11.0. The lowest BCUT2D eigenvalue weighted by Crippen LogP contribution is -2.38. The zero-order valence-corrected chi connectivity index (χ0v) is 21.8. The third-order valence-corrected chi connectivity index (χ3v) is 7.86. The van der Waals surface area contributed by atoms with Crippen LogP contribution in [0.3, 0.4) is 0 Å². The normalized spacial score (nSPS) is 15.2. The molecule has 194 valence electrons. The SMILES string of the molecule is Cc1cc(C)cc(N(CC(=O)Nc2ccccc2C(=O)NC[C@H]2CCCO2)S(=O)(=O)c2ccccc2)c1. The summed E-state index contributed by atoms with van der Waals surface area (Å²) in [7, 11) is -4.04. The van der Waals surface area contributed by atoms with Gasteiger partial charge in [0.2, 0.25) is 5.91 Å².